The van der Waals surface area contributed by atoms with Crippen molar-refractivity contribution in [3.63, 3.8) is 0 Å². The Bertz CT molecular complexity index is 244. The van der Waals surface area contributed by atoms with Crippen molar-refractivity contribution < 1.29 is 19.4 Å². The summed E-state index contributed by atoms with van der Waals surface area (Å²) in [6, 6.07) is 0. The number of ether oxygens (including phenoxy) is 1. The summed E-state index contributed by atoms with van der Waals surface area (Å²) < 4.78 is 4.17. The third-order valence-corrected chi connectivity index (χ3v) is 2.10. The fourth-order valence-corrected chi connectivity index (χ4v) is 1.28. The van der Waals surface area contributed by atoms with Crippen LogP contribution in [0.4, 0.5) is 0 Å². The van der Waals surface area contributed by atoms with E-state index in [0.29, 0.717) is 5.92 Å². The molecule has 0 saturated heterocycles. The minimum absolute atomic E-state index is 0.171. The Kier molecular flexibility index (Phi) is 10.5. The number of hydrogen-bond acceptors (Lipinski definition) is 3. The zero-order valence-corrected chi connectivity index (χ0v) is 11.4. The molecule has 0 bridgehead atoms. The third kappa shape index (κ3) is 12.6. The number of carboxylic acid groups (broad SMARTS) is 1. The molecule has 1 unspecified atom stereocenters. The van der Waals surface area contributed by atoms with Gasteiger partial charge in [-0.3, -0.25) is 9.59 Å². The van der Waals surface area contributed by atoms with Gasteiger partial charge in [-0.25, -0.2) is 0 Å². The van der Waals surface area contributed by atoms with Gasteiger partial charge < -0.3 is 9.84 Å². The second-order valence-corrected chi connectivity index (χ2v) is 4.59. The van der Waals surface area contributed by atoms with Gasteiger partial charge in [0.2, 0.25) is 0 Å². The maximum atomic E-state index is 10.7. The maximum Gasteiger partial charge on any atom is 0.307 e. The van der Waals surface area contributed by atoms with E-state index in [-0.39, 0.29) is 17.8 Å². The topological polar surface area (TPSA) is 63.6 Å². The molecule has 0 aliphatic rings. The number of esters is 1. The molecule has 100 valence electrons. The summed E-state index contributed by atoms with van der Waals surface area (Å²) in [5.74, 6) is -0.443. The molecule has 0 aliphatic heterocycles. The molecule has 0 aromatic heterocycles. The molecule has 0 fully saturated rings. The van der Waals surface area contributed by atoms with Crippen LogP contribution in [0.15, 0.2) is 12.8 Å². The van der Waals surface area contributed by atoms with Gasteiger partial charge >= 0.3 is 11.9 Å². The first-order chi connectivity index (χ1) is 7.72. The van der Waals surface area contributed by atoms with E-state index in [1.54, 1.807) is 0 Å². The quantitative estimate of drug-likeness (QED) is 0.596. The van der Waals surface area contributed by atoms with E-state index in [0.717, 1.165) is 12.7 Å². The Labute approximate surface area is 104 Å². The van der Waals surface area contributed by atoms with Crippen LogP contribution >= 0.6 is 0 Å². The standard InChI is InChI=1S/C9H18O2.C4H6O2/c1-6(2)5-8(7(3)4)9(10)11;1-3-6-4(2)5/h6-8H,5H2,1-4H3,(H,10,11);3H,1H2,2H3. The number of aliphatic carboxylic acids is 1. The van der Waals surface area contributed by atoms with Crippen LogP contribution in [-0.4, -0.2) is 17.0 Å². The van der Waals surface area contributed by atoms with Crippen LogP contribution in [0.25, 0.3) is 0 Å². The first-order valence-corrected chi connectivity index (χ1v) is 5.73. The molecule has 4 nitrogen and oxygen atoms in total. The highest BCUT2D eigenvalue weighted by atomic mass is 16.5. The van der Waals surface area contributed by atoms with E-state index in [2.05, 4.69) is 25.2 Å². The Morgan fingerprint density at radius 2 is 1.76 bits per heavy atom. The van der Waals surface area contributed by atoms with E-state index in [1.807, 2.05) is 13.8 Å². The summed E-state index contributed by atoms with van der Waals surface area (Å²) in [6.07, 6.45) is 1.88. The van der Waals surface area contributed by atoms with Crippen LogP contribution in [-0.2, 0) is 14.3 Å². The number of rotatable bonds is 5. The smallest absolute Gasteiger partial charge is 0.307 e. The summed E-state index contributed by atoms with van der Waals surface area (Å²) >= 11 is 0. The lowest BCUT2D eigenvalue weighted by atomic mass is 9.88. The summed E-state index contributed by atoms with van der Waals surface area (Å²) in [4.78, 5) is 20.4. The zero-order chi connectivity index (χ0) is 14.0. The van der Waals surface area contributed by atoms with Crippen molar-refractivity contribution in [2.24, 2.45) is 17.8 Å². The van der Waals surface area contributed by atoms with E-state index in [9.17, 15) is 9.59 Å². The van der Waals surface area contributed by atoms with E-state index in [1.165, 1.54) is 6.92 Å². The highest BCUT2D eigenvalue weighted by Gasteiger charge is 2.21. The molecule has 0 aliphatic carbocycles. The van der Waals surface area contributed by atoms with Crippen molar-refractivity contribution in [1.82, 2.24) is 0 Å². The van der Waals surface area contributed by atoms with Crippen molar-refractivity contribution in [2.75, 3.05) is 0 Å². The van der Waals surface area contributed by atoms with Crippen molar-refractivity contribution in [3.8, 4) is 0 Å². The van der Waals surface area contributed by atoms with Gasteiger partial charge in [-0.2, -0.15) is 0 Å². The fourth-order valence-electron chi connectivity index (χ4n) is 1.28. The van der Waals surface area contributed by atoms with Gasteiger partial charge in [0.1, 0.15) is 0 Å². The molecule has 0 spiro atoms. The minimum atomic E-state index is -0.659. The average molecular weight is 244 g/mol. The molecule has 1 atom stereocenters. The van der Waals surface area contributed by atoms with E-state index < -0.39 is 5.97 Å². The lowest BCUT2D eigenvalue weighted by Crippen LogP contribution is -2.21. The Hall–Kier alpha value is -1.32. The van der Waals surface area contributed by atoms with Gasteiger partial charge in [0.25, 0.3) is 0 Å². The van der Waals surface area contributed by atoms with Crippen LogP contribution in [0.1, 0.15) is 41.0 Å². The summed E-state index contributed by atoms with van der Waals surface area (Å²) in [5.41, 5.74) is 0. The highest BCUT2D eigenvalue weighted by Crippen LogP contribution is 2.19. The monoisotopic (exact) mass is 244 g/mol. The molecule has 0 aromatic rings. The average Bonchev–Trinajstić information content (AvgIpc) is 2.13. The minimum Gasteiger partial charge on any atom is -0.481 e. The Morgan fingerprint density at radius 3 is 1.82 bits per heavy atom. The predicted molar refractivity (Wildman–Crippen MR) is 67.4 cm³/mol. The summed E-state index contributed by atoms with van der Waals surface area (Å²) in [7, 11) is 0. The van der Waals surface area contributed by atoms with Crippen LogP contribution in [0.2, 0.25) is 0 Å². The van der Waals surface area contributed by atoms with Crippen molar-refractivity contribution in [2.45, 2.75) is 41.0 Å². The molecular formula is C13H24O4. The van der Waals surface area contributed by atoms with Gasteiger partial charge in [-0.15, -0.1) is 0 Å². The number of hydrogen-bond donors (Lipinski definition) is 1. The molecule has 4 heteroatoms. The molecule has 1 N–H and O–H groups in total. The van der Waals surface area contributed by atoms with Crippen LogP contribution in [0.3, 0.4) is 0 Å². The highest BCUT2D eigenvalue weighted by molar-refractivity contribution is 5.70. The van der Waals surface area contributed by atoms with E-state index >= 15 is 0 Å². The van der Waals surface area contributed by atoms with Crippen LogP contribution in [0, 0.1) is 17.8 Å². The molecule has 0 radical (unpaired) electrons. The number of carbonyl (C=O) groups excluding carboxylic acids is 1. The van der Waals surface area contributed by atoms with Gasteiger partial charge in [0.15, 0.2) is 0 Å². The Morgan fingerprint density at radius 1 is 1.29 bits per heavy atom. The number of carbonyl (C=O) groups is 2. The Balaban J connectivity index is 0. The lowest BCUT2D eigenvalue weighted by molar-refractivity contribution is -0.144. The lowest BCUT2D eigenvalue weighted by Gasteiger charge is -2.17. The SMILES string of the molecule is C=COC(C)=O.CC(C)CC(C(=O)O)C(C)C. The largest absolute Gasteiger partial charge is 0.481 e. The van der Waals surface area contributed by atoms with Gasteiger partial charge in [0.05, 0.1) is 12.2 Å². The molecule has 0 aromatic carbocycles. The molecular weight excluding hydrogens is 220 g/mol. The van der Waals surface area contributed by atoms with Gasteiger partial charge in [0, 0.05) is 6.92 Å². The van der Waals surface area contributed by atoms with Crippen molar-refractivity contribution >= 4 is 11.9 Å². The fraction of sp³-hybridized carbons (Fsp3) is 0.692. The summed E-state index contributed by atoms with van der Waals surface area (Å²) in [6.45, 7) is 12.5. The first kappa shape index (κ1) is 18.1. The van der Waals surface area contributed by atoms with Gasteiger partial charge in [-0.05, 0) is 18.3 Å². The molecule has 0 amide bonds. The number of carboxylic acids is 1. The van der Waals surface area contributed by atoms with E-state index in [4.69, 9.17) is 5.11 Å². The molecule has 0 rings (SSSR count). The second kappa shape index (κ2) is 9.87. The summed E-state index contributed by atoms with van der Waals surface area (Å²) in [5, 5.41) is 8.79. The van der Waals surface area contributed by atoms with Gasteiger partial charge in [-0.1, -0.05) is 34.3 Å². The normalized spacial score (nSPS) is 11.5. The van der Waals surface area contributed by atoms with Crippen LogP contribution in [0.5, 0.6) is 0 Å². The van der Waals surface area contributed by atoms with Crippen molar-refractivity contribution in [3.05, 3.63) is 12.8 Å². The zero-order valence-electron chi connectivity index (χ0n) is 11.4. The molecule has 0 saturated carbocycles. The predicted octanol–water partition coefficient (Wildman–Crippen LogP) is 3.08. The third-order valence-electron chi connectivity index (χ3n) is 2.10. The first-order valence-electron chi connectivity index (χ1n) is 5.73. The molecule has 0 heterocycles. The molecule has 17 heavy (non-hydrogen) atoms. The second-order valence-electron chi connectivity index (χ2n) is 4.59. The van der Waals surface area contributed by atoms with Crippen LogP contribution < -0.4 is 0 Å². The maximum absolute atomic E-state index is 10.7. The van der Waals surface area contributed by atoms with Crippen molar-refractivity contribution in [1.29, 1.82) is 0 Å².